The second-order valence-corrected chi connectivity index (χ2v) is 14.1. The lowest BCUT2D eigenvalue weighted by atomic mass is 9.99. The molecule has 2 fully saturated rings. The smallest absolute Gasteiger partial charge is 0.334 e. The minimum absolute atomic E-state index is 0.0632. The average molecular weight is 623 g/mol. The van der Waals surface area contributed by atoms with Crippen LogP contribution >= 0.6 is 0 Å². The molecule has 0 aromatic rings. The first-order valence-corrected chi connectivity index (χ1v) is 18.6. The predicted molar refractivity (Wildman–Crippen MR) is 175 cm³/mol. The van der Waals surface area contributed by atoms with E-state index in [4.69, 9.17) is 14.2 Å². The summed E-state index contributed by atoms with van der Waals surface area (Å²) < 4.78 is 17.7. The van der Waals surface area contributed by atoms with Gasteiger partial charge in [-0.3, -0.25) is 0 Å². The molecule has 3 N–H and O–H groups in total. The molecule has 0 aliphatic carbocycles. The molecular formula is C37H66O7. The fourth-order valence-electron chi connectivity index (χ4n) is 7.30. The molecule has 4 unspecified atom stereocenters. The van der Waals surface area contributed by atoms with Crippen molar-refractivity contribution >= 4 is 5.97 Å². The molecular weight excluding hydrogens is 556 g/mol. The fourth-order valence-corrected chi connectivity index (χ4v) is 7.30. The van der Waals surface area contributed by atoms with Crippen LogP contribution in [0.2, 0.25) is 0 Å². The van der Waals surface area contributed by atoms with Crippen molar-refractivity contribution in [2.24, 2.45) is 0 Å². The zero-order valence-electron chi connectivity index (χ0n) is 28.1. The summed E-state index contributed by atoms with van der Waals surface area (Å²) in [5, 5.41) is 31.6. The zero-order valence-corrected chi connectivity index (χ0v) is 28.1. The third-order valence-corrected chi connectivity index (χ3v) is 9.98. The molecule has 7 nitrogen and oxygen atoms in total. The molecule has 0 aromatic carbocycles. The van der Waals surface area contributed by atoms with Gasteiger partial charge in [0.05, 0.1) is 42.7 Å². The van der Waals surface area contributed by atoms with Gasteiger partial charge in [0.15, 0.2) is 0 Å². The number of hydrogen-bond acceptors (Lipinski definition) is 7. The molecule has 0 spiro atoms. The van der Waals surface area contributed by atoms with Crippen LogP contribution in [0.1, 0.15) is 168 Å². The molecule has 2 saturated heterocycles. The highest BCUT2D eigenvalue weighted by Crippen LogP contribution is 2.34. The molecule has 3 aliphatic heterocycles. The molecule has 44 heavy (non-hydrogen) atoms. The molecule has 3 aliphatic rings. The van der Waals surface area contributed by atoms with E-state index in [1.54, 1.807) is 6.08 Å². The SMILES string of the molecule is CCCCCCCCCCCCCC[C@@H](O)[C@H]1CCC(C2CCC(CC(O)CCCCC[C@@H](O)CC3=C[C@H](C)OC3=O)O2)O1. The van der Waals surface area contributed by atoms with Crippen molar-refractivity contribution in [3.05, 3.63) is 11.6 Å². The predicted octanol–water partition coefficient (Wildman–Crippen LogP) is 7.86. The monoisotopic (exact) mass is 622 g/mol. The lowest BCUT2D eigenvalue weighted by Gasteiger charge is -2.23. The Morgan fingerprint density at radius 2 is 1.25 bits per heavy atom. The highest BCUT2D eigenvalue weighted by Gasteiger charge is 2.39. The van der Waals surface area contributed by atoms with Gasteiger partial charge in [-0.05, 0) is 64.4 Å². The van der Waals surface area contributed by atoms with Gasteiger partial charge in [0.25, 0.3) is 0 Å². The number of cyclic esters (lactones) is 1. The number of carbonyl (C=O) groups is 1. The maximum atomic E-state index is 11.7. The Labute approximate surface area is 268 Å². The largest absolute Gasteiger partial charge is 0.455 e. The van der Waals surface area contributed by atoms with Crippen molar-refractivity contribution in [2.75, 3.05) is 0 Å². The van der Waals surface area contributed by atoms with Crippen molar-refractivity contribution in [3.8, 4) is 0 Å². The Hall–Kier alpha value is -0.990. The molecule has 0 saturated carbocycles. The van der Waals surface area contributed by atoms with Crippen LogP contribution < -0.4 is 0 Å². The number of aliphatic hydroxyl groups is 3. The first-order chi connectivity index (χ1) is 21.4. The van der Waals surface area contributed by atoms with Gasteiger partial charge in [-0.1, -0.05) is 103 Å². The van der Waals surface area contributed by atoms with Gasteiger partial charge >= 0.3 is 5.97 Å². The lowest BCUT2D eigenvalue weighted by Crippen LogP contribution is -2.31. The maximum Gasteiger partial charge on any atom is 0.334 e. The number of carbonyl (C=O) groups excluding carboxylic acids is 1. The Morgan fingerprint density at radius 1 is 0.705 bits per heavy atom. The maximum absolute atomic E-state index is 11.7. The Kier molecular flexibility index (Phi) is 18.5. The van der Waals surface area contributed by atoms with Crippen molar-refractivity contribution in [1.29, 1.82) is 0 Å². The van der Waals surface area contributed by atoms with E-state index in [1.165, 1.54) is 70.6 Å². The first kappa shape index (κ1) is 37.5. The summed E-state index contributed by atoms with van der Waals surface area (Å²) in [5.41, 5.74) is 0.583. The molecule has 0 aromatic heterocycles. The van der Waals surface area contributed by atoms with Crippen LogP contribution in [0, 0.1) is 0 Å². The van der Waals surface area contributed by atoms with E-state index in [9.17, 15) is 20.1 Å². The zero-order chi connectivity index (χ0) is 31.6. The van der Waals surface area contributed by atoms with Gasteiger partial charge in [-0.2, -0.15) is 0 Å². The summed E-state index contributed by atoms with van der Waals surface area (Å²) in [6.07, 6.45) is 26.2. The number of unbranched alkanes of at least 4 members (excludes halogenated alkanes) is 13. The third-order valence-electron chi connectivity index (χ3n) is 9.98. The van der Waals surface area contributed by atoms with Crippen LogP contribution in [0.3, 0.4) is 0 Å². The Balaban J connectivity index is 1.15. The topological polar surface area (TPSA) is 105 Å². The van der Waals surface area contributed by atoms with Crippen molar-refractivity contribution < 1.29 is 34.3 Å². The van der Waals surface area contributed by atoms with Gasteiger partial charge < -0.3 is 29.5 Å². The van der Waals surface area contributed by atoms with Crippen LogP contribution in [0.15, 0.2) is 11.6 Å². The average Bonchev–Trinajstić information content (AvgIpc) is 3.73. The third kappa shape index (κ3) is 14.6. The molecule has 7 heteroatoms. The van der Waals surface area contributed by atoms with Crippen molar-refractivity contribution in [2.45, 2.75) is 217 Å². The molecule has 8 atom stereocenters. The van der Waals surface area contributed by atoms with Gasteiger partial charge in [0.2, 0.25) is 0 Å². The molecule has 3 heterocycles. The molecule has 3 rings (SSSR count). The summed E-state index contributed by atoms with van der Waals surface area (Å²) in [6, 6.07) is 0. The summed E-state index contributed by atoms with van der Waals surface area (Å²) in [5.74, 6) is -0.307. The minimum atomic E-state index is -0.527. The summed E-state index contributed by atoms with van der Waals surface area (Å²) in [6.45, 7) is 4.10. The van der Waals surface area contributed by atoms with E-state index in [1.807, 2.05) is 6.92 Å². The first-order valence-electron chi connectivity index (χ1n) is 18.6. The van der Waals surface area contributed by atoms with Crippen LogP contribution in [-0.2, 0) is 19.0 Å². The van der Waals surface area contributed by atoms with Gasteiger partial charge in [-0.15, -0.1) is 0 Å². The molecule has 0 bridgehead atoms. The van der Waals surface area contributed by atoms with E-state index in [2.05, 4.69) is 6.92 Å². The van der Waals surface area contributed by atoms with Crippen LogP contribution in [-0.4, -0.2) is 70.1 Å². The minimum Gasteiger partial charge on any atom is -0.455 e. The van der Waals surface area contributed by atoms with E-state index in [-0.39, 0.29) is 48.7 Å². The second kappa shape index (κ2) is 21.7. The van der Waals surface area contributed by atoms with Gasteiger partial charge in [0.1, 0.15) is 6.10 Å². The van der Waals surface area contributed by atoms with E-state index < -0.39 is 6.10 Å². The quantitative estimate of drug-likeness (QED) is 0.0703. The number of esters is 1. The molecule has 256 valence electrons. The summed E-state index contributed by atoms with van der Waals surface area (Å²) in [4.78, 5) is 11.7. The Bertz CT molecular complexity index is 801. The summed E-state index contributed by atoms with van der Waals surface area (Å²) >= 11 is 0. The standard InChI is InChI=1S/C37H66O7/c1-3-4-5-6-7-8-9-10-11-12-13-17-20-33(40)34-23-24-36(44-34)35-22-21-32(43-35)27-31(39)19-16-14-15-18-30(38)26-29-25-28(2)42-37(29)41/h25,28,30-36,38-40H,3-24,26-27H2,1-2H3/t28-,30+,31?,32?,33+,34+,35?,36?/m0/s1. The fraction of sp³-hybridized carbons (Fsp3) is 0.919. The van der Waals surface area contributed by atoms with Crippen molar-refractivity contribution in [3.63, 3.8) is 0 Å². The Morgan fingerprint density at radius 3 is 1.89 bits per heavy atom. The highest BCUT2D eigenvalue weighted by molar-refractivity contribution is 5.90. The van der Waals surface area contributed by atoms with Crippen molar-refractivity contribution in [1.82, 2.24) is 0 Å². The normalized spacial score (nSPS) is 27.4. The van der Waals surface area contributed by atoms with Crippen LogP contribution in [0.4, 0.5) is 0 Å². The van der Waals surface area contributed by atoms with Crippen LogP contribution in [0.5, 0.6) is 0 Å². The van der Waals surface area contributed by atoms with Gasteiger partial charge in [0, 0.05) is 12.0 Å². The number of aliphatic hydroxyl groups excluding tert-OH is 3. The van der Waals surface area contributed by atoms with E-state index in [0.29, 0.717) is 24.8 Å². The van der Waals surface area contributed by atoms with Gasteiger partial charge in [-0.25, -0.2) is 4.79 Å². The number of hydrogen-bond donors (Lipinski definition) is 3. The molecule has 0 radical (unpaired) electrons. The van der Waals surface area contributed by atoms with E-state index in [0.717, 1.165) is 64.2 Å². The summed E-state index contributed by atoms with van der Waals surface area (Å²) in [7, 11) is 0. The van der Waals surface area contributed by atoms with E-state index >= 15 is 0 Å². The van der Waals surface area contributed by atoms with Crippen LogP contribution in [0.25, 0.3) is 0 Å². The lowest BCUT2D eigenvalue weighted by molar-refractivity contribution is -0.139. The second-order valence-electron chi connectivity index (χ2n) is 14.1. The number of rotatable bonds is 25. The molecule has 0 amide bonds. The highest BCUT2D eigenvalue weighted by atomic mass is 16.6. The number of ether oxygens (including phenoxy) is 3.